The Labute approximate surface area is 146 Å². The van der Waals surface area contributed by atoms with Crippen molar-refractivity contribution >= 4 is 23.4 Å². The van der Waals surface area contributed by atoms with Crippen LogP contribution in [-0.2, 0) is 4.74 Å². The molecule has 0 atom stereocenters. The van der Waals surface area contributed by atoms with E-state index in [4.69, 9.17) is 4.74 Å². The predicted octanol–water partition coefficient (Wildman–Crippen LogP) is 2.84. The summed E-state index contributed by atoms with van der Waals surface area (Å²) < 4.78 is 4.78. The molecule has 0 aliphatic heterocycles. The Bertz CT molecular complexity index is 797. The van der Waals surface area contributed by atoms with Crippen molar-refractivity contribution in [3.05, 3.63) is 47.4 Å². The van der Waals surface area contributed by atoms with E-state index in [1.807, 2.05) is 20.8 Å². The molecule has 7 nitrogen and oxygen atoms in total. The van der Waals surface area contributed by atoms with Gasteiger partial charge in [-0.2, -0.15) is 0 Å². The van der Waals surface area contributed by atoms with Gasteiger partial charge in [-0.3, -0.25) is 4.79 Å². The van der Waals surface area contributed by atoms with Crippen molar-refractivity contribution in [1.82, 2.24) is 15.3 Å². The maximum Gasteiger partial charge on any atom is 0.339 e. The summed E-state index contributed by atoms with van der Waals surface area (Å²) >= 11 is 0. The van der Waals surface area contributed by atoms with Gasteiger partial charge in [-0.1, -0.05) is 12.1 Å². The quantitative estimate of drug-likeness (QED) is 0.830. The normalized spacial score (nSPS) is 10.9. The zero-order valence-corrected chi connectivity index (χ0v) is 15.0. The Hall–Kier alpha value is -2.96. The van der Waals surface area contributed by atoms with Crippen LogP contribution in [0.25, 0.3) is 0 Å². The van der Waals surface area contributed by atoms with Gasteiger partial charge in [0.05, 0.1) is 18.4 Å². The van der Waals surface area contributed by atoms with Gasteiger partial charge in [0, 0.05) is 11.6 Å². The van der Waals surface area contributed by atoms with Gasteiger partial charge in [-0.05, 0) is 39.8 Å². The zero-order valence-electron chi connectivity index (χ0n) is 15.0. The maximum absolute atomic E-state index is 12.3. The molecule has 2 aromatic rings. The molecule has 0 spiro atoms. The van der Waals surface area contributed by atoms with Crippen LogP contribution in [0.15, 0.2) is 30.3 Å². The molecule has 0 saturated carbocycles. The molecule has 2 rings (SSSR count). The van der Waals surface area contributed by atoms with E-state index in [1.54, 1.807) is 37.3 Å². The lowest BCUT2D eigenvalue weighted by Crippen LogP contribution is -2.41. The van der Waals surface area contributed by atoms with Gasteiger partial charge < -0.3 is 15.4 Å². The Kier molecular flexibility index (Phi) is 5.36. The highest BCUT2D eigenvalue weighted by Crippen LogP contribution is 2.21. The topological polar surface area (TPSA) is 93.2 Å². The van der Waals surface area contributed by atoms with Crippen LogP contribution in [0.2, 0.25) is 0 Å². The number of anilines is 2. The van der Waals surface area contributed by atoms with Gasteiger partial charge in [0.1, 0.15) is 17.3 Å². The summed E-state index contributed by atoms with van der Waals surface area (Å²) in [7, 11) is 1.32. The molecule has 0 bridgehead atoms. The van der Waals surface area contributed by atoms with Crippen molar-refractivity contribution in [3.63, 3.8) is 0 Å². The SMILES string of the molecule is COC(=O)c1ccccc1Nc1cc(C(=O)NC(C)(C)C)nc(C)n1. The second-order valence-corrected chi connectivity index (χ2v) is 6.55. The summed E-state index contributed by atoms with van der Waals surface area (Å²) in [5, 5.41) is 5.92. The van der Waals surface area contributed by atoms with E-state index in [9.17, 15) is 9.59 Å². The molecule has 0 aliphatic carbocycles. The van der Waals surface area contributed by atoms with Crippen LogP contribution < -0.4 is 10.6 Å². The lowest BCUT2D eigenvalue weighted by Gasteiger charge is -2.20. The largest absolute Gasteiger partial charge is 0.465 e. The van der Waals surface area contributed by atoms with Crippen molar-refractivity contribution in [2.24, 2.45) is 0 Å². The highest BCUT2D eigenvalue weighted by Gasteiger charge is 2.18. The Morgan fingerprint density at radius 1 is 1.12 bits per heavy atom. The molecule has 0 aliphatic rings. The van der Waals surface area contributed by atoms with E-state index in [0.29, 0.717) is 22.9 Å². The molecule has 132 valence electrons. The lowest BCUT2D eigenvalue weighted by atomic mass is 10.1. The summed E-state index contributed by atoms with van der Waals surface area (Å²) in [5.74, 6) is 0.115. The first kappa shape index (κ1) is 18.4. The number of aromatic nitrogens is 2. The van der Waals surface area contributed by atoms with Crippen molar-refractivity contribution in [1.29, 1.82) is 0 Å². The predicted molar refractivity (Wildman–Crippen MR) is 95.1 cm³/mol. The molecule has 0 radical (unpaired) electrons. The number of hydrogen-bond acceptors (Lipinski definition) is 6. The van der Waals surface area contributed by atoms with Gasteiger partial charge in [0.25, 0.3) is 5.91 Å². The fraction of sp³-hybridized carbons (Fsp3) is 0.333. The number of para-hydroxylation sites is 1. The molecule has 0 fully saturated rings. The summed E-state index contributed by atoms with van der Waals surface area (Å²) in [6, 6.07) is 8.46. The minimum Gasteiger partial charge on any atom is -0.465 e. The van der Waals surface area contributed by atoms with E-state index < -0.39 is 5.97 Å². The number of hydrogen-bond donors (Lipinski definition) is 2. The summed E-state index contributed by atoms with van der Waals surface area (Å²) in [6.07, 6.45) is 0. The number of aryl methyl sites for hydroxylation is 1. The molecule has 1 amide bonds. The molecule has 1 aromatic carbocycles. The van der Waals surface area contributed by atoms with Gasteiger partial charge >= 0.3 is 5.97 Å². The maximum atomic E-state index is 12.3. The highest BCUT2D eigenvalue weighted by molar-refractivity contribution is 5.97. The molecule has 25 heavy (non-hydrogen) atoms. The Morgan fingerprint density at radius 2 is 1.80 bits per heavy atom. The van der Waals surface area contributed by atoms with Crippen LogP contribution in [0.5, 0.6) is 0 Å². The lowest BCUT2D eigenvalue weighted by molar-refractivity contribution is 0.0601. The number of esters is 1. The number of carbonyl (C=O) groups excluding carboxylic acids is 2. The first-order valence-electron chi connectivity index (χ1n) is 7.82. The first-order chi connectivity index (χ1) is 11.7. The molecule has 0 saturated heterocycles. The Morgan fingerprint density at radius 3 is 2.44 bits per heavy atom. The van der Waals surface area contributed by atoms with E-state index in [2.05, 4.69) is 20.6 Å². The van der Waals surface area contributed by atoms with Crippen LogP contribution in [0.3, 0.4) is 0 Å². The van der Waals surface area contributed by atoms with Gasteiger partial charge in [-0.15, -0.1) is 0 Å². The van der Waals surface area contributed by atoms with Crippen LogP contribution in [-0.4, -0.2) is 34.5 Å². The second kappa shape index (κ2) is 7.29. The molecule has 2 N–H and O–H groups in total. The third-order valence-corrected chi connectivity index (χ3v) is 3.15. The van der Waals surface area contributed by atoms with E-state index >= 15 is 0 Å². The van der Waals surface area contributed by atoms with Gasteiger partial charge in [0.2, 0.25) is 0 Å². The third kappa shape index (κ3) is 5.00. The third-order valence-electron chi connectivity index (χ3n) is 3.15. The number of nitrogens with zero attached hydrogens (tertiary/aromatic N) is 2. The summed E-state index contributed by atoms with van der Waals surface area (Å²) in [5.41, 5.74) is 0.790. The number of rotatable bonds is 4. The van der Waals surface area contributed by atoms with Gasteiger partial charge in [0.15, 0.2) is 0 Å². The standard InChI is InChI=1S/C18H22N4O3/c1-11-19-14(16(23)22-18(2,3)4)10-15(20-11)21-13-9-7-6-8-12(13)17(24)25-5/h6-10H,1-5H3,(H,22,23)(H,19,20,21). The monoisotopic (exact) mass is 342 g/mol. The number of amides is 1. The van der Waals surface area contributed by atoms with Crippen LogP contribution in [0.1, 0.15) is 47.4 Å². The van der Waals surface area contributed by atoms with Crippen LogP contribution in [0, 0.1) is 6.92 Å². The van der Waals surface area contributed by atoms with Crippen LogP contribution >= 0.6 is 0 Å². The summed E-state index contributed by atoms with van der Waals surface area (Å²) in [4.78, 5) is 32.7. The van der Waals surface area contributed by atoms with E-state index in [-0.39, 0.29) is 17.1 Å². The van der Waals surface area contributed by atoms with Crippen LogP contribution in [0.4, 0.5) is 11.5 Å². The molecular formula is C18H22N4O3. The number of carbonyl (C=O) groups is 2. The highest BCUT2D eigenvalue weighted by atomic mass is 16.5. The van der Waals surface area contributed by atoms with Crippen molar-refractivity contribution in [3.8, 4) is 0 Å². The van der Waals surface area contributed by atoms with E-state index in [1.165, 1.54) is 7.11 Å². The van der Waals surface area contributed by atoms with E-state index in [0.717, 1.165) is 0 Å². The average molecular weight is 342 g/mol. The number of benzene rings is 1. The fourth-order valence-electron chi connectivity index (χ4n) is 2.17. The van der Waals surface area contributed by atoms with Crippen molar-refractivity contribution in [2.75, 3.05) is 12.4 Å². The number of methoxy groups -OCH3 is 1. The average Bonchev–Trinajstić information content (AvgIpc) is 2.52. The zero-order chi connectivity index (χ0) is 18.6. The number of nitrogens with one attached hydrogen (secondary N) is 2. The minimum atomic E-state index is -0.459. The number of ether oxygens (including phenoxy) is 1. The minimum absolute atomic E-state index is 0.250. The van der Waals surface area contributed by atoms with Crippen molar-refractivity contribution in [2.45, 2.75) is 33.2 Å². The molecule has 0 unspecified atom stereocenters. The smallest absolute Gasteiger partial charge is 0.339 e. The summed E-state index contributed by atoms with van der Waals surface area (Å²) in [6.45, 7) is 7.38. The first-order valence-corrected chi connectivity index (χ1v) is 7.82. The molecular weight excluding hydrogens is 320 g/mol. The molecule has 1 heterocycles. The molecule has 7 heteroatoms. The second-order valence-electron chi connectivity index (χ2n) is 6.55. The van der Waals surface area contributed by atoms with Gasteiger partial charge in [-0.25, -0.2) is 14.8 Å². The van der Waals surface area contributed by atoms with Crippen molar-refractivity contribution < 1.29 is 14.3 Å². The fourth-order valence-corrected chi connectivity index (χ4v) is 2.17. The Balaban J connectivity index is 2.33. The molecule has 1 aromatic heterocycles.